The Balaban J connectivity index is 1.58. The van der Waals surface area contributed by atoms with Gasteiger partial charge in [0.2, 0.25) is 0 Å². The van der Waals surface area contributed by atoms with Gasteiger partial charge >= 0.3 is 0 Å². The molecule has 1 amide bonds. The van der Waals surface area contributed by atoms with E-state index in [0.29, 0.717) is 19.0 Å². The highest BCUT2D eigenvalue weighted by Gasteiger charge is 2.26. The molecule has 1 aromatic carbocycles. The molecule has 2 heterocycles. The average molecular weight is 334 g/mol. The highest BCUT2D eigenvalue weighted by molar-refractivity contribution is 5.94. The fourth-order valence-corrected chi connectivity index (χ4v) is 3.03. The van der Waals surface area contributed by atoms with E-state index in [1.165, 1.54) is 0 Å². The molecule has 0 bridgehead atoms. The molecule has 0 unspecified atom stereocenters. The number of H-pyrrole nitrogens is 1. The molecule has 0 aliphatic carbocycles. The van der Waals surface area contributed by atoms with Gasteiger partial charge in [-0.25, -0.2) is 13.8 Å². The number of piperidine rings is 1. The summed E-state index contributed by atoms with van der Waals surface area (Å²) in [4.78, 5) is 18.4. The number of hydrogen-bond acceptors (Lipinski definition) is 3. The number of benzene rings is 1. The molecule has 1 aromatic heterocycles. The van der Waals surface area contributed by atoms with E-state index in [9.17, 15) is 13.6 Å². The Bertz CT molecular complexity index is 723. The summed E-state index contributed by atoms with van der Waals surface area (Å²) in [6.07, 6.45) is 3.21. The summed E-state index contributed by atoms with van der Waals surface area (Å²) in [5.41, 5.74) is -0.198. The number of carbonyl (C=O) groups is 1. The lowest BCUT2D eigenvalue weighted by Crippen LogP contribution is -2.39. The van der Waals surface area contributed by atoms with Crippen molar-refractivity contribution in [3.05, 3.63) is 47.0 Å². The fraction of sp³-hybridized carbons (Fsp3) is 0.471. The number of amides is 1. The topological polar surface area (TPSA) is 61.9 Å². The van der Waals surface area contributed by atoms with Gasteiger partial charge in [-0.15, -0.1) is 0 Å². The Labute approximate surface area is 139 Å². The van der Waals surface area contributed by atoms with Crippen molar-refractivity contribution in [3.8, 4) is 0 Å². The number of carbonyl (C=O) groups excluding carboxylic acids is 1. The van der Waals surface area contributed by atoms with Crippen LogP contribution in [-0.4, -0.2) is 39.1 Å². The third-order valence-electron chi connectivity index (χ3n) is 4.44. The van der Waals surface area contributed by atoms with Crippen molar-refractivity contribution in [1.29, 1.82) is 0 Å². The van der Waals surface area contributed by atoms with Crippen LogP contribution >= 0.6 is 0 Å². The van der Waals surface area contributed by atoms with Crippen LogP contribution in [0.15, 0.2) is 18.2 Å². The zero-order valence-corrected chi connectivity index (χ0v) is 13.6. The van der Waals surface area contributed by atoms with Crippen molar-refractivity contribution in [2.45, 2.75) is 32.6 Å². The quantitative estimate of drug-likeness (QED) is 0.935. The smallest absolute Gasteiger partial charge is 0.256 e. The minimum absolute atomic E-state index is 0.198. The molecule has 128 valence electrons. The van der Waals surface area contributed by atoms with Gasteiger partial charge in [-0.2, -0.15) is 5.10 Å². The van der Waals surface area contributed by atoms with E-state index in [4.69, 9.17) is 0 Å². The maximum Gasteiger partial charge on any atom is 0.256 e. The maximum absolute atomic E-state index is 13.7. The Hall–Kier alpha value is -2.31. The van der Waals surface area contributed by atoms with E-state index < -0.39 is 17.5 Å². The van der Waals surface area contributed by atoms with Crippen LogP contribution < -0.4 is 0 Å². The molecule has 0 radical (unpaired) electrons. The van der Waals surface area contributed by atoms with Crippen molar-refractivity contribution >= 4 is 5.91 Å². The molecule has 3 rings (SSSR count). The lowest BCUT2D eigenvalue weighted by molar-refractivity contribution is 0.0684. The van der Waals surface area contributed by atoms with E-state index in [-0.39, 0.29) is 5.56 Å². The summed E-state index contributed by atoms with van der Waals surface area (Å²) in [6.45, 7) is 3.07. The molecule has 5 nitrogen and oxygen atoms in total. The van der Waals surface area contributed by atoms with Crippen LogP contribution in [-0.2, 0) is 12.8 Å². The number of aryl methyl sites for hydroxylation is 1. The number of likely N-dealkylation sites (tertiary alicyclic amines) is 1. The highest BCUT2D eigenvalue weighted by atomic mass is 19.1. The predicted octanol–water partition coefficient (Wildman–Crippen LogP) is 2.74. The van der Waals surface area contributed by atoms with Gasteiger partial charge in [0.25, 0.3) is 5.91 Å². The molecule has 2 aromatic rings. The minimum Gasteiger partial charge on any atom is -0.339 e. The molecule has 1 aliphatic heterocycles. The van der Waals surface area contributed by atoms with Gasteiger partial charge in [-0.3, -0.25) is 9.89 Å². The zero-order valence-electron chi connectivity index (χ0n) is 13.6. The fourth-order valence-electron chi connectivity index (χ4n) is 3.03. The molecule has 7 heteroatoms. The largest absolute Gasteiger partial charge is 0.339 e. The Morgan fingerprint density at radius 2 is 2.08 bits per heavy atom. The van der Waals surface area contributed by atoms with Crippen LogP contribution in [0.25, 0.3) is 0 Å². The number of aromatic amines is 1. The molecular weight excluding hydrogens is 314 g/mol. The number of nitrogens with one attached hydrogen (secondary N) is 1. The summed E-state index contributed by atoms with van der Waals surface area (Å²) in [5.74, 6) is 0.346. The van der Waals surface area contributed by atoms with Crippen LogP contribution in [0.3, 0.4) is 0 Å². The van der Waals surface area contributed by atoms with Gasteiger partial charge < -0.3 is 4.90 Å². The van der Waals surface area contributed by atoms with Crippen molar-refractivity contribution in [2.75, 3.05) is 13.1 Å². The summed E-state index contributed by atoms with van der Waals surface area (Å²) >= 11 is 0. The van der Waals surface area contributed by atoms with Crippen LogP contribution in [0.1, 0.15) is 41.8 Å². The Kier molecular flexibility index (Phi) is 4.87. The highest BCUT2D eigenvalue weighted by Crippen LogP contribution is 2.22. The molecule has 1 aliphatic rings. The second kappa shape index (κ2) is 7.07. The second-order valence-electron chi connectivity index (χ2n) is 6.12. The number of aromatic nitrogens is 3. The van der Waals surface area contributed by atoms with Crippen molar-refractivity contribution in [2.24, 2.45) is 5.92 Å². The molecule has 0 saturated carbocycles. The second-order valence-corrected chi connectivity index (χ2v) is 6.12. The number of hydrogen-bond donors (Lipinski definition) is 1. The average Bonchev–Trinajstić information content (AvgIpc) is 3.05. The lowest BCUT2D eigenvalue weighted by Gasteiger charge is -2.31. The van der Waals surface area contributed by atoms with Gasteiger partial charge in [-0.05, 0) is 37.0 Å². The van der Waals surface area contributed by atoms with Gasteiger partial charge in [0, 0.05) is 25.9 Å². The first-order valence-corrected chi connectivity index (χ1v) is 8.21. The molecule has 1 fully saturated rings. The van der Waals surface area contributed by atoms with Crippen molar-refractivity contribution in [3.63, 3.8) is 0 Å². The molecule has 1 saturated heterocycles. The zero-order chi connectivity index (χ0) is 17.1. The van der Waals surface area contributed by atoms with Crippen LogP contribution in [0.5, 0.6) is 0 Å². The Morgan fingerprint density at radius 3 is 2.75 bits per heavy atom. The molecule has 24 heavy (non-hydrogen) atoms. The summed E-state index contributed by atoms with van der Waals surface area (Å²) in [7, 11) is 0. The lowest BCUT2D eigenvalue weighted by atomic mass is 9.93. The van der Waals surface area contributed by atoms with Crippen molar-refractivity contribution < 1.29 is 13.6 Å². The van der Waals surface area contributed by atoms with E-state index in [1.54, 1.807) is 4.90 Å². The van der Waals surface area contributed by atoms with Gasteiger partial charge in [0.15, 0.2) is 0 Å². The standard InChI is InChI=1S/C17H20F2N4O/c1-2-15-20-16(22-21-15)9-11-5-7-23(8-6-11)17(24)13-10-12(18)3-4-14(13)19/h3-4,10-11H,2,5-9H2,1H3,(H,20,21,22). The minimum atomic E-state index is -0.683. The van der Waals surface area contributed by atoms with Crippen LogP contribution in [0.2, 0.25) is 0 Å². The number of rotatable bonds is 4. The van der Waals surface area contributed by atoms with E-state index in [2.05, 4.69) is 15.2 Å². The number of halogens is 2. The molecular formula is C17H20F2N4O. The molecule has 0 atom stereocenters. The monoisotopic (exact) mass is 334 g/mol. The first-order valence-electron chi connectivity index (χ1n) is 8.21. The summed E-state index contributed by atoms with van der Waals surface area (Å²) in [5, 5.41) is 7.07. The van der Waals surface area contributed by atoms with Gasteiger partial charge in [0.1, 0.15) is 23.3 Å². The molecule has 0 spiro atoms. The predicted molar refractivity (Wildman–Crippen MR) is 84.5 cm³/mol. The van der Waals surface area contributed by atoms with Gasteiger partial charge in [0.05, 0.1) is 5.56 Å². The first-order chi connectivity index (χ1) is 11.6. The maximum atomic E-state index is 13.7. The Morgan fingerprint density at radius 1 is 1.33 bits per heavy atom. The van der Waals surface area contributed by atoms with E-state index >= 15 is 0 Å². The van der Waals surface area contributed by atoms with E-state index in [1.807, 2.05) is 6.92 Å². The normalized spacial score (nSPS) is 15.7. The van der Waals surface area contributed by atoms with Crippen molar-refractivity contribution in [1.82, 2.24) is 20.1 Å². The van der Waals surface area contributed by atoms with Crippen LogP contribution in [0, 0.1) is 17.6 Å². The SMILES string of the molecule is CCc1n[nH]c(CC2CCN(C(=O)c3cc(F)ccc3F)CC2)n1. The van der Waals surface area contributed by atoms with E-state index in [0.717, 1.165) is 55.5 Å². The molecule has 1 N–H and O–H groups in total. The third-order valence-corrected chi connectivity index (χ3v) is 4.44. The van der Waals surface area contributed by atoms with Gasteiger partial charge in [-0.1, -0.05) is 6.92 Å². The summed E-state index contributed by atoms with van der Waals surface area (Å²) < 4.78 is 27.0. The number of nitrogens with zero attached hydrogens (tertiary/aromatic N) is 3. The first kappa shape index (κ1) is 16.5. The third kappa shape index (κ3) is 3.60. The summed E-state index contributed by atoms with van der Waals surface area (Å²) in [6, 6.07) is 2.97. The van der Waals surface area contributed by atoms with Crippen LogP contribution in [0.4, 0.5) is 8.78 Å².